The number of rotatable bonds is 5. The zero-order chi connectivity index (χ0) is 14.5. The highest BCUT2D eigenvalue weighted by Crippen LogP contribution is 2.29. The largest absolute Gasteiger partial charge is 0.573 e. The molecule has 0 aliphatic heterocycles. The third kappa shape index (κ3) is 5.83. The van der Waals surface area contributed by atoms with Gasteiger partial charge in [-0.1, -0.05) is 11.6 Å². The molecule has 0 aliphatic rings. The second-order valence-corrected chi connectivity index (χ2v) is 5.02. The van der Waals surface area contributed by atoms with E-state index in [1.807, 2.05) is 19.9 Å². The van der Waals surface area contributed by atoms with Gasteiger partial charge in [-0.2, -0.15) is 0 Å². The summed E-state index contributed by atoms with van der Waals surface area (Å²) in [6.07, 6.45) is -2.26. The Hall–Kier alpha value is -1.43. The van der Waals surface area contributed by atoms with Gasteiger partial charge >= 0.3 is 6.36 Å². The maximum Gasteiger partial charge on any atom is 0.573 e. The summed E-state index contributed by atoms with van der Waals surface area (Å²) < 4.78 is 39.9. The fourth-order valence-corrected chi connectivity index (χ4v) is 2.28. The van der Waals surface area contributed by atoms with Crippen LogP contribution in [0.25, 0.3) is 0 Å². The van der Waals surface area contributed by atoms with Gasteiger partial charge in [-0.05, 0) is 32.0 Å². The molecule has 0 radical (unpaired) electrons. The van der Waals surface area contributed by atoms with Crippen molar-refractivity contribution in [2.24, 2.45) is 0 Å². The van der Waals surface area contributed by atoms with Crippen molar-refractivity contribution in [3.63, 3.8) is 0 Å². The Bertz CT molecular complexity index is 477. The number of halogens is 3. The summed E-state index contributed by atoms with van der Waals surface area (Å²) in [5, 5.41) is 0. The number of alkyl halides is 3. The number of allylic oxidation sites excluding steroid dienone is 1. The van der Waals surface area contributed by atoms with Gasteiger partial charge < -0.3 is 4.74 Å². The lowest BCUT2D eigenvalue weighted by Gasteiger charge is -2.10. The van der Waals surface area contributed by atoms with Gasteiger partial charge in [0.1, 0.15) is 5.75 Å². The molecule has 0 fully saturated rings. The normalized spacial score (nSPS) is 11.0. The van der Waals surface area contributed by atoms with Crippen LogP contribution in [0.15, 0.2) is 34.7 Å². The molecule has 0 bridgehead atoms. The molecule has 104 valence electrons. The summed E-state index contributed by atoms with van der Waals surface area (Å²) in [5.41, 5.74) is 1.33. The fourth-order valence-electron chi connectivity index (χ4n) is 1.25. The number of aldehydes is 1. The lowest BCUT2D eigenvalue weighted by molar-refractivity contribution is -0.274. The van der Waals surface area contributed by atoms with Crippen LogP contribution in [0.4, 0.5) is 13.2 Å². The van der Waals surface area contributed by atoms with Crippen LogP contribution in [0.3, 0.4) is 0 Å². The van der Waals surface area contributed by atoms with Gasteiger partial charge in [0, 0.05) is 16.2 Å². The Balaban J connectivity index is 2.84. The molecule has 6 heteroatoms. The molecule has 1 aromatic carbocycles. The van der Waals surface area contributed by atoms with Crippen molar-refractivity contribution in [1.29, 1.82) is 0 Å². The van der Waals surface area contributed by atoms with Crippen LogP contribution in [0.1, 0.15) is 24.2 Å². The first-order valence-electron chi connectivity index (χ1n) is 5.43. The molecule has 0 unspecified atom stereocenters. The molecule has 2 nitrogen and oxygen atoms in total. The third-order valence-corrected chi connectivity index (χ3v) is 3.09. The number of carbonyl (C=O) groups excluding carboxylic acids is 1. The van der Waals surface area contributed by atoms with Gasteiger partial charge in [-0.25, -0.2) is 0 Å². The van der Waals surface area contributed by atoms with Crippen LogP contribution in [0.5, 0.6) is 5.75 Å². The zero-order valence-electron chi connectivity index (χ0n) is 10.5. The van der Waals surface area contributed by atoms with Gasteiger partial charge in [0.2, 0.25) is 0 Å². The van der Waals surface area contributed by atoms with Crippen LogP contribution in [-0.2, 0) is 0 Å². The standard InChI is InChI=1S/C13H13F3O2S/c1-9(2)5-6-19-12-4-3-11(7-10(12)8-17)18-13(14,15)16/h3-5,7-8H,6H2,1-2H3. The van der Waals surface area contributed by atoms with Crippen molar-refractivity contribution in [3.8, 4) is 5.75 Å². The molecule has 19 heavy (non-hydrogen) atoms. The van der Waals surface area contributed by atoms with Gasteiger partial charge in [-0.3, -0.25) is 4.79 Å². The van der Waals surface area contributed by atoms with Crippen LogP contribution in [0, 0.1) is 0 Å². The number of hydrogen-bond acceptors (Lipinski definition) is 3. The van der Waals surface area contributed by atoms with Crippen molar-refractivity contribution in [1.82, 2.24) is 0 Å². The first kappa shape index (κ1) is 15.6. The van der Waals surface area contributed by atoms with E-state index in [0.29, 0.717) is 16.9 Å². The van der Waals surface area contributed by atoms with Crippen molar-refractivity contribution in [2.45, 2.75) is 25.1 Å². The van der Waals surface area contributed by atoms with E-state index >= 15 is 0 Å². The minimum Gasteiger partial charge on any atom is -0.406 e. The summed E-state index contributed by atoms with van der Waals surface area (Å²) in [6.45, 7) is 3.89. The Morgan fingerprint density at radius 2 is 2.05 bits per heavy atom. The number of hydrogen-bond donors (Lipinski definition) is 0. The van der Waals surface area contributed by atoms with Gasteiger partial charge in [-0.15, -0.1) is 24.9 Å². The summed E-state index contributed by atoms with van der Waals surface area (Å²) >= 11 is 1.38. The highest BCUT2D eigenvalue weighted by Gasteiger charge is 2.31. The Labute approximate surface area is 113 Å². The predicted molar refractivity (Wildman–Crippen MR) is 68.7 cm³/mol. The van der Waals surface area contributed by atoms with E-state index in [1.165, 1.54) is 23.9 Å². The van der Waals surface area contributed by atoms with Crippen LogP contribution >= 0.6 is 11.8 Å². The highest BCUT2D eigenvalue weighted by molar-refractivity contribution is 7.99. The first-order chi connectivity index (χ1) is 8.81. The first-order valence-corrected chi connectivity index (χ1v) is 6.41. The van der Waals surface area contributed by atoms with E-state index in [9.17, 15) is 18.0 Å². The van der Waals surface area contributed by atoms with Crippen molar-refractivity contribution < 1.29 is 22.7 Å². The minimum absolute atomic E-state index is 0.189. The quantitative estimate of drug-likeness (QED) is 0.455. The highest BCUT2D eigenvalue weighted by atomic mass is 32.2. The predicted octanol–water partition coefficient (Wildman–Crippen LogP) is 4.46. The monoisotopic (exact) mass is 290 g/mol. The molecule has 0 saturated carbocycles. The van der Waals surface area contributed by atoms with Crippen LogP contribution in [-0.4, -0.2) is 18.4 Å². The van der Waals surface area contributed by atoms with Crippen molar-refractivity contribution >= 4 is 18.0 Å². The molecular weight excluding hydrogens is 277 g/mol. The molecule has 0 aliphatic carbocycles. The maximum absolute atomic E-state index is 12.0. The van der Waals surface area contributed by atoms with Gasteiger partial charge in [0.15, 0.2) is 6.29 Å². The molecule has 1 aromatic rings. The number of carbonyl (C=O) groups is 1. The summed E-state index contributed by atoms with van der Waals surface area (Å²) in [4.78, 5) is 11.5. The average molecular weight is 290 g/mol. The van der Waals surface area contributed by atoms with Crippen molar-refractivity contribution in [2.75, 3.05) is 5.75 Å². The van der Waals surface area contributed by atoms with E-state index in [1.54, 1.807) is 0 Å². The van der Waals surface area contributed by atoms with E-state index in [-0.39, 0.29) is 11.3 Å². The lowest BCUT2D eigenvalue weighted by Crippen LogP contribution is -2.17. The molecule has 0 atom stereocenters. The molecule has 0 aromatic heterocycles. The number of ether oxygens (including phenoxy) is 1. The Kier molecular flexibility index (Phi) is 5.47. The Morgan fingerprint density at radius 1 is 1.37 bits per heavy atom. The number of benzene rings is 1. The van der Waals surface area contributed by atoms with Crippen molar-refractivity contribution in [3.05, 3.63) is 35.4 Å². The van der Waals surface area contributed by atoms with Crippen LogP contribution < -0.4 is 4.74 Å². The second-order valence-electron chi connectivity index (χ2n) is 3.96. The smallest absolute Gasteiger partial charge is 0.406 e. The maximum atomic E-state index is 12.0. The molecule has 0 amide bonds. The lowest BCUT2D eigenvalue weighted by atomic mass is 10.2. The van der Waals surface area contributed by atoms with E-state index in [4.69, 9.17) is 0 Å². The average Bonchev–Trinajstić information content (AvgIpc) is 2.28. The topological polar surface area (TPSA) is 26.3 Å². The summed E-state index contributed by atoms with van der Waals surface area (Å²) in [5.74, 6) is 0.268. The summed E-state index contributed by atoms with van der Waals surface area (Å²) in [6, 6.07) is 3.74. The second kappa shape index (κ2) is 6.65. The molecular formula is C13H13F3O2S. The molecule has 0 spiro atoms. The SMILES string of the molecule is CC(C)=CCSc1ccc(OC(F)(F)F)cc1C=O. The van der Waals surface area contributed by atoms with E-state index in [2.05, 4.69) is 4.74 Å². The molecule has 0 saturated heterocycles. The van der Waals surface area contributed by atoms with Gasteiger partial charge in [0.25, 0.3) is 0 Å². The Morgan fingerprint density at radius 3 is 2.58 bits per heavy atom. The minimum atomic E-state index is -4.75. The van der Waals surface area contributed by atoms with Gasteiger partial charge in [0.05, 0.1) is 0 Å². The van der Waals surface area contributed by atoms with E-state index < -0.39 is 6.36 Å². The third-order valence-electron chi connectivity index (χ3n) is 2.07. The number of thioether (sulfide) groups is 1. The molecule has 0 heterocycles. The van der Waals surface area contributed by atoms with E-state index in [0.717, 1.165) is 11.6 Å². The molecule has 1 rings (SSSR count). The van der Waals surface area contributed by atoms with Crippen LogP contribution in [0.2, 0.25) is 0 Å². The zero-order valence-corrected chi connectivity index (χ0v) is 11.3. The molecule has 0 N–H and O–H groups in total. The fraction of sp³-hybridized carbons (Fsp3) is 0.308. The summed E-state index contributed by atoms with van der Waals surface area (Å²) in [7, 11) is 0.